The van der Waals surface area contributed by atoms with E-state index in [0.717, 1.165) is 49.6 Å². The maximum atomic E-state index is 12.9. The second-order valence-corrected chi connectivity index (χ2v) is 8.15. The highest BCUT2D eigenvalue weighted by Gasteiger charge is 2.36. The molecule has 1 saturated heterocycles. The van der Waals surface area contributed by atoms with Crippen molar-refractivity contribution in [2.24, 2.45) is 0 Å². The average molecular weight is 366 g/mol. The highest BCUT2D eigenvalue weighted by Crippen LogP contribution is 2.29. The number of fused-ring (bicyclic) bond motifs is 1. The van der Waals surface area contributed by atoms with Gasteiger partial charge in [0.05, 0.1) is 30.2 Å². The van der Waals surface area contributed by atoms with Crippen LogP contribution in [-0.2, 0) is 16.1 Å². The topological polar surface area (TPSA) is 47.4 Å². The molecule has 1 aliphatic heterocycles. The van der Waals surface area contributed by atoms with Crippen molar-refractivity contribution in [1.82, 2.24) is 14.5 Å². The van der Waals surface area contributed by atoms with E-state index in [4.69, 9.17) is 9.72 Å². The molecular formula is C19H31N3O2S. The van der Waals surface area contributed by atoms with Gasteiger partial charge in [0.15, 0.2) is 5.16 Å². The van der Waals surface area contributed by atoms with Gasteiger partial charge in [0.1, 0.15) is 0 Å². The van der Waals surface area contributed by atoms with Gasteiger partial charge in [-0.25, -0.2) is 4.98 Å². The first-order chi connectivity index (χ1) is 12.1. The third kappa shape index (κ3) is 4.22. The van der Waals surface area contributed by atoms with E-state index in [1.165, 1.54) is 18.5 Å². The zero-order valence-corrected chi connectivity index (χ0v) is 16.6. The van der Waals surface area contributed by atoms with E-state index < -0.39 is 0 Å². The molecule has 1 saturated carbocycles. The van der Waals surface area contributed by atoms with Gasteiger partial charge in [-0.3, -0.25) is 4.79 Å². The summed E-state index contributed by atoms with van der Waals surface area (Å²) < 4.78 is 8.17. The molecule has 0 aromatic carbocycles. The van der Waals surface area contributed by atoms with Gasteiger partial charge in [0.25, 0.3) is 0 Å². The van der Waals surface area contributed by atoms with E-state index in [9.17, 15) is 4.79 Å². The molecule has 140 valence electrons. The number of morpholine rings is 1. The first-order valence-electron chi connectivity index (χ1n) is 9.69. The summed E-state index contributed by atoms with van der Waals surface area (Å²) in [4.78, 5) is 19.6. The van der Waals surface area contributed by atoms with Crippen LogP contribution in [0.5, 0.6) is 0 Å². The Morgan fingerprint density at radius 2 is 2.12 bits per heavy atom. The summed E-state index contributed by atoms with van der Waals surface area (Å²) in [6.45, 7) is 8.79. The van der Waals surface area contributed by atoms with Crippen molar-refractivity contribution >= 4 is 17.7 Å². The number of unbranched alkanes of at least 4 members (excludes halogenated alkanes) is 1. The maximum absolute atomic E-state index is 12.9. The minimum absolute atomic E-state index is 0.241. The van der Waals surface area contributed by atoms with Crippen molar-refractivity contribution in [2.45, 2.75) is 83.1 Å². The molecule has 2 atom stereocenters. The van der Waals surface area contributed by atoms with Crippen LogP contribution in [0.3, 0.4) is 0 Å². The van der Waals surface area contributed by atoms with Crippen LogP contribution in [0.25, 0.3) is 0 Å². The summed E-state index contributed by atoms with van der Waals surface area (Å²) >= 11 is 1.59. The molecule has 6 heteroatoms. The summed E-state index contributed by atoms with van der Waals surface area (Å²) in [5, 5.41) is 0.991. The van der Waals surface area contributed by atoms with Crippen molar-refractivity contribution in [3.63, 3.8) is 0 Å². The number of aromatic nitrogens is 2. The van der Waals surface area contributed by atoms with Crippen LogP contribution in [-0.4, -0.2) is 51.4 Å². The van der Waals surface area contributed by atoms with Crippen LogP contribution in [0.15, 0.2) is 5.16 Å². The van der Waals surface area contributed by atoms with Gasteiger partial charge in [-0.1, -0.05) is 37.9 Å². The van der Waals surface area contributed by atoms with Gasteiger partial charge in [0.2, 0.25) is 5.91 Å². The fraction of sp³-hybridized carbons (Fsp3) is 0.789. The Hall–Kier alpha value is -1.01. The number of ether oxygens (including phenoxy) is 1. The third-order valence-electron chi connectivity index (χ3n) is 5.54. The van der Waals surface area contributed by atoms with E-state index in [0.29, 0.717) is 18.4 Å². The zero-order valence-electron chi connectivity index (χ0n) is 15.8. The molecule has 3 rings (SSSR count). The number of thioether (sulfide) groups is 1. The Kier molecular flexibility index (Phi) is 6.44. The predicted molar refractivity (Wildman–Crippen MR) is 101 cm³/mol. The van der Waals surface area contributed by atoms with Crippen LogP contribution >= 0.6 is 11.8 Å². The summed E-state index contributed by atoms with van der Waals surface area (Å²) in [5.41, 5.74) is 2.30. The molecule has 25 heavy (non-hydrogen) atoms. The number of hydrogen-bond donors (Lipinski definition) is 0. The van der Waals surface area contributed by atoms with Crippen LogP contribution in [0, 0.1) is 13.8 Å². The number of carbonyl (C=O) groups excluding carboxylic acids is 1. The van der Waals surface area contributed by atoms with Gasteiger partial charge in [-0.05, 0) is 33.1 Å². The lowest BCUT2D eigenvalue weighted by Gasteiger charge is -2.43. The van der Waals surface area contributed by atoms with Crippen molar-refractivity contribution < 1.29 is 9.53 Å². The monoisotopic (exact) mass is 365 g/mol. The Bertz CT molecular complexity index is 600. The minimum atomic E-state index is 0.241. The molecule has 1 aromatic rings. The van der Waals surface area contributed by atoms with E-state index in [2.05, 4.69) is 30.2 Å². The van der Waals surface area contributed by atoms with Gasteiger partial charge in [-0.15, -0.1) is 0 Å². The zero-order chi connectivity index (χ0) is 17.8. The fourth-order valence-corrected chi connectivity index (χ4v) is 4.93. The van der Waals surface area contributed by atoms with Crippen LogP contribution in [0.2, 0.25) is 0 Å². The first-order valence-corrected chi connectivity index (χ1v) is 10.7. The second kappa shape index (κ2) is 8.58. The molecule has 0 N–H and O–H groups in total. The fourth-order valence-electron chi connectivity index (χ4n) is 3.93. The average Bonchev–Trinajstić information content (AvgIpc) is 2.91. The Labute approximate surface area is 155 Å². The highest BCUT2D eigenvalue weighted by molar-refractivity contribution is 7.99. The molecule has 0 unspecified atom stereocenters. The molecule has 2 aliphatic rings. The summed E-state index contributed by atoms with van der Waals surface area (Å²) in [6.07, 6.45) is 7.19. The van der Waals surface area contributed by atoms with Gasteiger partial charge in [0, 0.05) is 18.8 Å². The number of nitrogens with zero attached hydrogens (tertiary/aromatic N) is 3. The minimum Gasteiger partial charge on any atom is -0.374 e. The summed E-state index contributed by atoms with van der Waals surface area (Å²) in [6, 6.07) is 0.291. The molecule has 1 amide bonds. The number of imidazole rings is 1. The first kappa shape index (κ1) is 18.8. The van der Waals surface area contributed by atoms with Crippen molar-refractivity contribution in [3.8, 4) is 0 Å². The SMILES string of the molecule is CCCCn1c(SCC(=O)N2CCO[C@@H]3CCCC[C@H]32)nc(C)c1C. The molecule has 0 spiro atoms. The lowest BCUT2D eigenvalue weighted by atomic mass is 9.90. The van der Waals surface area contributed by atoms with E-state index >= 15 is 0 Å². The van der Waals surface area contributed by atoms with Crippen molar-refractivity contribution in [2.75, 3.05) is 18.9 Å². The molecule has 1 aliphatic carbocycles. The van der Waals surface area contributed by atoms with E-state index in [1.807, 2.05) is 0 Å². The quantitative estimate of drug-likeness (QED) is 0.723. The van der Waals surface area contributed by atoms with E-state index in [-0.39, 0.29) is 12.0 Å². The molecule has 2 heterocycles. The van der Waals surface area contributed by atoms with Gasteiger partial charge >= 0.3 is 0 Å². The lowest BCUT2D eigenvalue weighted by molar-refractivity contribution is -0.146. The summed E-state index contributed by atoms with van der Waals surface area (Å²) in [7, 11) is 0. The number of amides is 1. The summed E-state index contributed by atoms with van der Waals surface area (Å²) in [5.74, 6) is 0.719. The molecule has 2 fully saturated rings. The Balaban J connectivity index is 1.63. The van der Waals surface area contributed by atoms with Crippen LogP contribution in [0.4, 0.5) is 0 Å². The molecule has 0 radical (unpaired) electrons. The van der Waals surface area contributed by atoms with Gasteiger partial charge in [-0.2, -0.15) is 0 Å². The predicted octanol–water partition coefficient (Wildman–Crippen LogP) is 3.56. The highest BCUT2D eigenvalue weighted by atomic mass is 32.2. The van der Waals surface area contributed by atoms with Gasteiger partial charge < -0.3 is 14.2 Å². The third-order valence-corrected chi connectivity index (χ3v) is 6.50. The Morgan fingerprint density at radius 3 is 2.92 bits per heavy atom. The normalized spacial score (nSPS) is 23.6. The van der Waals surface area contributed by atoms with Crippen molar-refractivity contribution in [3.05, 3.63) is 11.4 Å². The largest absolute Gasteiger partial charge is 0.374 e. The van der Waals surface area contributed by atoms with Crippen LogP contribution < -0.4 is 0 Å². The van der Waals surface area contributed by atoms with E-state index in [1.54, 1.807) is 11.8 Å². The smallest absolute Gasteiger partial charge is 0.233 e. The maximum Gasteiger partial charge on any atom is 0.233 e. The number of carbonyl (C=O) groups is 1. The Morgan fingerprint density at radius 1 is 1.32 bits per heavy atom. The van der Waals surface area contributed by atoms with Crippen molar-refractivity contribution in [1.29, 1.82) is 0 Å². The molecular weight excluding hydrogens is 334 g/mol. The molecule has 5 nitrogen and oxygen atoms in total. The number of aryl methyl sites for hydroxylation is 1. The molecule has 0 bridgehead atoms. The number of hydrogen-bond acceptors (Lipinski definition) is 4. The number of rotatable bonds is 6. The standard InChI is InChI=1S/C19H31N3O2S/c1-4-5-10-21-15(3)14(2)20-19(21)25-13-18(23)22-11-12-24-17-9-7-6-8-16(17)22/h16-17H,4-13H2,1-3H3/t16-,17-/m1/s1. The molecule has 1 aromatic heterocycles. The van der Waals surface area contributed by atoms with Crippen LogP contribution in [0.1, 0.15) is 56.8 Å². The lowest BCUT2D eigenvalue weighted by Crippen LogP contribution is -2.55. The second-order valence-electron chi connectivity index (χ2n) is 7.21.